The van der Waals surface area contributed by atoms with Gasteiger partial charge in [-0.05, 0) is 6.07 Å². The van der Waals surface area contributed by atoms with Crippen molar-refractivity contribution in [1.29, 1.82) is 0 Å². The van der Waals surface area contributed by atoms with E-state index in [0.717, 1.165) is 10.1 Å². The summed E-state index contributed by atoms with van der Waals surface area (Å²) in [5.74, 6) is -0.241. The van der Waals surface area contributed by atoms with Gasteiger partial charge in [0.15, 0.2) is 0 Å². The SMILES string of the molecule is Nc1c(C(=O)NC2CNC(=O)C2)sc2ccccc12. The van der Waals surface area contributed by atoms with Gasteiger partial charge in [-0.3, -0.25) is 9.59 Å². The Morgan fingerprint density at radius 3 is 2.89 bits per heavy atom. The minimum atomic E-state index is -0.208. The molecule has 1 aliphatic rings. The number of nitrogen functional groups attached to an aromatic ring is 1. The molecular weight excluding hydrogens is 262 g/mol. The zero-order valence-corrected chi connectivity index (χ0v) is 10.9. The van der Waals surface area contributed by atoms with E-state index in [9.17, 15) is 9.59 Å². The Kier molecular flexibility index (Phi) is 2.87. The van der Waals surface area contributed by atoms with Crippen LogP contribution in [-0.2, 0) is 4.79 Å². The average Bonchev–Trinajstić information content (AvgIpc) is 2.94. The zero-order chi connectivity index (χ0) is 13.4. The van der Waals surface area contributed by atoms with Gasteiger partial charge in [0, 0.05) is 23.1 Å². The van der Waals surface area contributed by atoms with Gasteiger partial charge in [0.2, 0.25) is 5.91 Å². The van der Waals surface area contributed by atoms with Crippen molar-refractivity contribution < 1.29 is 9.59 Å². The molecule has 6 heteroatoms. The fraction of sp³-hybridized carbons (Fsp3) is 0.231. The molecule has 1 atom stereocenters. The molecule has 98 valence electrons. The molecule has 1 unspecified atom stereocenters. The third-order valence-corrected chi connectivity index (χ3v) is 4.34. The van der Waals surface area contributed by atoms with E-state index in [4.69, 9.17) is 5.73 Å². The Labute approximate surface area is 113 Å². The first-order valence-electron chi connectivity index (χ1n) is 5.99. The largest absolute Gasteiger partial charge is 0.397 e. The summed E-state index contributed by atoms with van der Waals surface area (Å²) < 4.78 is 0.991. The van der Waals surface area contributed by atoms with Crippen molar-refractivity contribution in [3.05, 3.63) is 29.1 Å². The molecule has 0 saturated carbocycles. The first-order chi connectivity index (χ1) is 9.15. The van der Waals surface area contributed by atoms with Crippen LogP contribution in [-0.4, -0.2) is 24.4 Å². The molecule has 1 aromatic heterocycles. The highest BCUT2D eigenvalue weighted by Gasteiger charge is 2.25. The fourth-order valence-corrected chi connectivity index (χ4v) is 3.22. The van der Waals surface area contributed by atoms with E-state index in [2.05, 4.69) is 10.6 Å². The zero-order valence-electron chi connectivity index (χ0n) is 10.1. The molecule has 1 aliphatic heterocycles. The second-order valence-electron chi connectivity index (χ2n) is 4.52. The summed E-state index contributed by atoms with van der Waals surface area (Å²) in [6.45, 7) is 0.482. The van der Waals surface area contributed by atoms with Crippen molar-refractivity contribution in [3.8, 4) is 0 Å². The molecule has 4 N–H and O–H groups in total. The van der Waals surface area contributed by atoms with Crippen LogP contribution in [0.2, 0.25) is 0 Å². The Morgan fingerprint density at radius 1 is 1.42 bits per heavy atom. The number of anilines is 1. The van der Waals surface area contributed by atoms with Crippen LogP contribution in [0.5, 0.6) is 0 Å². The number of carbonyl (C=O) groups is 2. The second-order valence-corrected chi connectivity index (χ2v) is 5.57. The molecule has 3 rings (SSSR count). The van der Waals surface area contributed by atoms with Crippen LogP contribution in [0.25, 0.3) is 10.1 Å². The molecule has 1 aromatic carbocycles. The van der Waals surface area contributed by atoms with E-state index < -0.39 is 0 Å². The molecular formula is C13H13N3O2S. The van der Waals surface area contributed by atoms with Gasteiger partial charge in [0.05, 0.1) is 11.7 Å². The lowest BCUT2D eigenvalue weighted by Crippen LogP contribution is -2.36. The van der Waals surface area contributed by atoms with E-state index in [1.807, 2.05) is 24.3 Å². The summed E-state index contributed by atoms with van der Waals surface area (Å²) >= 11 is 1.37. The number of amides is 2. The molecule has 2 amide bonds. The summed E-state index contributed by atoms with van der Waals surface area (Å²) in [5.41, 5.74) is 6.52. The Balaban J connectivity index is 1.85. The van der Waals surface area contributed by atoms with E-state index in [0.29, 0.717) is 23.5 Å². The Hall–Kier alpha value is -2.08. The van der Waals surface area contributed by atoms with Crippen LogP contribution in [0.15, 0.2) is 24.3 Å². The van der Waals surface area contributed by atoms with Gasteiger partial charge >= 0.3 is 0 Å². The highest BCUT2D eigenvalue weighted by Crippen LogP contribution is 2.33. The van der Waals surface area contributed by atoms with Crippen LogP contribution in [0.4, 0.5) is 5.69 Å². The molecule has 0 bridgehead atoms. The Bertz CT molecular complexity index is 665. The van der Waals surface area contributed by atoms with Gasteiger partial charge in [-0.1, -0.05) is 18.2 Å². The summed E-state index contributed by atoms with van der Waals surface area (Å²) in [6, 6.07) is 7.50. The Morgan fingerprint density at radius 2 is 2.21 bits per heavy atom. The highest BCUT2D eigenvalue weighted by molar-refractivity contribution is 7.21. The lowest BCUT2D eigenvalue weighted by Gasteiger charge is -2.09. The lowest BCUT2D eigenvalue weighted by atomic mass is 10.2. The average molecular weight is 275 g/mol. The minimum absolute atomic E-state index is 0.0328. The summed E-state index contributed by atoms with van der Waals surface area (Å²) in [6.07, 6.45) is 0.330. The van der Waals surface area contributed by atoms with Crippen LogP contribution >= 0.6 is 11.3 Å². The van der Waals surface area contributed by atoms with E-state index in [-0.39, 0.29) is 17.9 Å². The maximum atomic E-state index is 12.2. The molecule has 2 aromatic rings. The number of hydrogen-bond acceptors (Lipinski definition) is 4. The standard InChI is InChI=1S/C13H13N3O2S/c14-11-8-3-1-2-4-9(8)19-12(11)13(18)16-7-5-10(17)15-6-7/h1-4,7H,5-6,14H2,(H,15,17)(H,16,18). The van der Waals surface area contributed by atoms with E-state index in [1.54, 1.807) is 0 Å². The number of benzene rings is 1. The van der Waals surface area contributed by atoms with Crippen molar-refractivity contribution in [1.82, 2.24) is 10.6 Å². The maximum absolute atomic E-state index is 12.2. The van der Waals surface area contributed by atoms with Gasteiger partial charge in [-0.2, -0.15) is 0 Å². The van der Waals surface area contributed by atoms with Crippen LogP contribution in [0, 0.1) is 0 Å². The van der Waals surface area contributed by atoms with Crippen molar-refractivity contribution >= 4 is 38.9 Å². The first kappa shape index (κ1) is 12.0. The van der Waals surface area contributed by atoms with Gasteiger partial charge in [0.1, 0.15) is 4.88 Å². The lowest BCUT2D eigenvalue weighted by molar-refractivity contribution is -0.119. The van der Waals surface area contributed by atoms with Gasteiger partial charge in [0.25, 0.3) is 5.91 Å². The van der Waals surface area contributed by atoms with Crippen molar-refractivity contribution in [2.24, 2.45) is 0 Å². The molecule has 1 saturated heterocycles. The third kappa shape index (κ3) is 2.15. The smallest absolute Gasteiger partial charge is 0.263 e. The summed E-state index contributed by atoms with van der Waals surface area (Å²) in [5, 5.41) is 6.42. The molecule has 1 fully saturated rings. The van der Waals surface area contributed by atoms with E-state index in [1.165, 1.54) is 11.3 Å². The number of rotatable bonds is 2. The predicted octanol–water partition coefficient (Wildman–Crippen LogP) is 1.10. The minimum Gasteiger partial charge on any atom is -0.397 e. The highest BCUT2D eigenvalue weighted by atomic mass is 32.1. The quantitative estimate of drug-likeness (QED) is 0.767. The predicted molar refractivity (Wildman–Crippen MR) is 75.1 cm³/mol. The summed E-state index contributed by atoms with van der Waals surface area (Å²) in [4.78, 5) is 23.8. The van der Waals surface area contributed by atoms with E-state index >= 15 is 0 Å². The summed E-state index contributed by atoms with van der Waals surface area (Å²) in [7, 11) is 0. The maximum Gasteiger partial charge on any atom is 0.263 e. The van der Waals surface area contributed by atoms with Crippen molar-refractivity contribution in [2.75, 3.05) is 12.3 Å². The molecule has 2 heterocycles. The van der Waals surface area contributed by atoms with Crippen LogP contribution in [0.3, 0.4) is 0 Å². The number of thiophene rings is 1. The molecule has 0 spiro atoms. The monoisotopic (exact) mass is 275 g/mol. The number of nitrogens with two attached hydrogens (primary N) is 1. The molecule has 19 heavy (non-hydrogen) atoms. The number of nitrogens with one attached hydrogen (secondary N) is 2. The third-order valence-electron chi connectivity index (χ3n) is 3.15. The van der Waals surface area contributed by atoms with Crippen molar-refractivity contribution in [2.45, 2.75) is 12.5 Å². The number of fused-ring (bicyclic) bond motifs is 1. The molecule has 0 radical (unpaired) electrons. The van der Waals surface area contributed by atoms with Gasteiger partial charge < -0.3 is 16.4 Å². The van der Waals surface area contributed by atoms with Gasteiger partial charge in [-0.25, -0.2) is 0 Å². The first-order valence-corrected chi connectivity index (χ1v) is 6.81. The van der Waals surface area contributed by atoms with Crippen LogP contribution in [0.1, 0.15) is 16.1 Å². The topological polar surface area (TPSA) is 84.2 Å². The normalized spacial score (nSPS) is 18.5. The number of hydrogen-bond donors (Lipinski definition) is 3. The van der Waals surface area contributed by atoms with Crippen molar-refractivity contribution in [3.63, 3.8) is 0 Å². The molecule has 5 nitrogen and oxygen atoms in total. The second kappa shape index (κ2) is 4.55. The van der Waals surface area contributed by atoms with Crippen LogP contribution < -0.4 is 16.4 Å². The number of carbonyl (C=O) groups excluding carboxylic acids is 2. The molecule has 0 aliphatic carbocycles. The van der Waals surface area contributed by atoms with Gasteiger partial charge in [-0.15, -0.1) is 11.3 Å². The fourth-order valence-electron chi connectivity index (χ4n) is 2.19.